The molecular formula is C12H18N2O. The van der Waals surface area contributed by atoms with Crippen LogP contribution in [-0.4, -0.2) is 15.6 Å². The number of aryl methyl sites for hydroxylation is 1. The molecule has 0 atom stereocenters. The van der Waals surface area contributed by atoms with Gasteiger partial charge in [-0.15, -0.1) is 0 Å². The highest BCUT2D eigenvalue weighted by molar-refractivity contribution is 6.00. The molecule has 0 bridgehead atoms. The van der Waals surface area contributed by atoms with Crippen LogP contribution in [0.1, 0.15) is 38.1 Å². The Balaban J connectivity index is 2.26. The zero-order valence-electron chi connectivity index (χ0n) is 10.0. The van der Waals surface area contributed by atoms with Crippen molar-refractivity contribution in [3.05, 3.63) is 18.0 Å². The second kappa shape index (κ2) is 2.71. The molecular weight excluding hydrogens is 188 g/mol. The molecule has 0 saturated heterocycles. The van der Waals surface area contributed by atoms with Gasteiger partial charge in [-0.2, -0.15) is 5.10 Å². The van der Waals surface area contributed by atoms with Crippen LogP contribution in [0.25, 0.3) is 0 Å². The Kier molecular flexibility index (Phi) is 1.88. The van der Waals surface area contributed by atoms with E-state index in [1.54, 1.807) is 17.1 Å². The summed E-state index contributed by atoms with van der Waals surface area (Å²) < 4.78 is 1.68. The Bertz CT molecular complexity index is 401. The molecule has 1 aromatic rings. The van der Waals surface area contributed by atoms with Crippen LogP contribution in [0.4, 0.5) is 0 Å². The molecule has 1 fully saturated rings. The minimum Gasteiger partial charge on any atom is -0.294 e. The van der Waals surface area contributed by atoms with E-state index in [2.05, 4.69) is 32.8 Å². The lowest BCUT2D eigenvalue weighted by Crippen LogP contribution is -2.06. The Morgan fingerprint density at radius 1 is 1.33 bits per heavy atom. The number of nitrogens with zero attached hydrogens (tertiary/aromatic N) is 2. The van der Waals surface area contributed by atoms with Gasteiger partial charge in [0.15, 0.2) is 5.78 Å². The fraction of sp³-hybridized carbons (Fsp3) is 0.667. The molecule has 0 unspecified atom stereocenters. The predicted octanol–water partition coefficient (Wildman–Crippen LogP) is 2.29. The lowest BCUT2D eigenvalue weighted by atomic mass is 10.0. The minimum atomic E-state index is 0.111. The van der Waals surface area contributed by atoms with Crippen LogP contribution in [0.5, 0.6) is 0 Å². The topological polar surface area (TPSA) is 34.9 Å². The fourth-order valence-corrected chi connectivity index (χ4v) is 2.57. The van der Waals surface area contributed by atoms with E-state index in [0.29, 0.717) is 0 Å². The SMILES string of the molecule is Cn1cc(C(=O)C2C(C)(C)C2(C)C)cn1. The van der Waals surface area contributed by atoms with E-state index in [4.69, 9.17) is 0 Å². The Morgan fingerprint density at radius 3 is 2.20 bits per heavy atom. The molecule has 15 heavy (non-hydrogen) atoms. The molecule has 3 nitrogen and oxygen atoms in total. The lowest BCUT2D eigenvalue weighted by Gasteiger charge is -2.03. The van der Waals surface area contributed by atoms with E-state index in [0.717, 1.165) is 5.56 Å². The van der Waals surface area contributed by atoms with Crippen LogP contribution in [-0.2, 0) is 7.05 Å². The van der Waals surface area contributed by atoms with Crippen LogP contribution in [0.15, 0.2) is 12.4 Å². The summed E-state index contributed by atoms with van der Waals surface area (Å²) in [6.07, 6.45) is 3.46. The molecule has 0 amide bonds. The maximum atomic E-state index is 12.2. The number of hydrogen-bond acceptors (Lipinski definition) is 2. The summed E-state index contributed by atoms with van der Waals surface area (Å²) in [6.45, 7) is 8.63. The first kappa shape index (κ1) is 10.4. The summed E-state index contributed by atoms with van der Waals surface area (Å²) in [5.41, 5.74) is 0.959. The van der Waals surface area contributed by atoms with Gasteiger partial charge >= 0.3 is 0 Å². The van der Waals surface area contributed by atoms with Crippen molar-refractivity contribution in [2.45, 2.75) is 27.7 Å². The van der Waals surface area contributed by atoms with E-state index < -0.39 is 0 Å². The highest BCUT2D eigenvalue weighted by Crippen LogP contribution is 2.69. The number of Topliss-reactive ketones (excluding diaryl/α,β-unsaturated/α-hetero) is 1. The van der Waals surface area contributed by atoms with Crippen molar-refractivity contribution in [1.29, 1.82) is 0 Å². The molecule has 0 aliphatic heterocycles. The molecule has 1 aliphatic rings. The van der Waals surface area contributed by atoms with Crippen molar-refractivity contribution >= 4 is 5.78 Å². The third-order valence-electron chi connectivity index (χ3n) is 4.27. The maximum absolute atomic E-state index is 12.2. The molecule has 82 valence electrons. The van der Waals surface area contributed by atoms with E-state index in [9.17, 15) is 4.79 Å². The van der Waals surface area contributed by atoms with Crippen molar-refractivity contribution < 1.29 is 4.79 Å². The zero-order valence-corrected chi connectivity index (χ0v) is 10.0. The largest absolute Gasteiger partial charge is 0.294 e. The summed E-state index contributed by atoms with van der Waals surface area (Å²) in [7, 11) is 1.83. The summed E-state index contributed by atoms with van der Waals surface area (Å²) in [5.74, 6) is 0.368. The summed E-state index contributed by atoms with van der Waals surface area (Å²) >= 11 is 0. The zero-order chi connectivity index (χ0) is 11.4. The van der Waals surface area contributed by atoms with Crippen molar-refractivity contribution in [3.8, 4) is 0 Å². The molecule has 1 aliphatic carbocycles. The van der Waals surface area contributed by atoms with Gasteiger partial charge in [0.1, 0.15) is 0 Å². The number of carbonyl (C=O) groups is 1. The van der Waals surface area contributed by atoms with Crippen molar-refractivity contribution in [1.82, 2.24) is 9.78 Å². The normalized spacial score (nSPS) is 22.7. The van der Waals surface area contributed by atoms with Crippen molar-refractivity contribution in [2.75, 3.05) is 0 Å². The highest BCUT2D eigenvalue weighted by Gasteiger charge is 2.67. The quantitative estimate of drug-likeness (QED) is 0.696. The van der Waals surface area contributed by atoms with Gasteiger partial charge in [0.05, 0.1) is 11.8 Å². The Labute approximate surface area is 90.5 Å². The third-order valence-corrected chi connectivity index (χ3v) is 4.27. The molecule has 1 saturated carbocycles. The van der Waals surface area contributed by atoms with E-state index >= 15 is 0 Å². The van der Waals surface area contributed by atoms with Gasteiger partial charge in [0.2, 0.25) is 0 Å². The minimum absolute atomic E-state index is 0.111. The average Bonchev–Trinajstić information content (AvgIpc) is 2.49. The number of ketones is 1. The standard InChI is InChI=1S/C12H18N2O/c1-11(2)10(12(11,3)4)9(15)8-6-13-14(5)7-8/h6-7,10H,1-5H3. The van der Waals surface area contributed by atoms with Crippen LogP contribution < -0.4 is 0 Å². The summed E-state index contributed by atoms with van der Waals surface area (Å²) in [4.78, 5) is 12.2. The maximum Gasteiger partial charge on any atom is 0.170 e. The second-order valence-corrected chi connectivity index (χ2v) is 5.64. The smallest absolute Gasteiger partial charge is 0.170 e. The van der Waals surface area contributed by atoms with Gasteiger partial charge in [0, 0.05) is 19.2 Å². The first-order valence-electron chi connectivity index (χ1n) is 5.31. The highest BCUT2D eigenvalue weighted by atomic mass is 16.1. The average molecular weight is 206 g/mol. The molecule has 0 radical (unpaired) electrons. The summed E-state index contributed by atoms with van der Waals surface area (Å²) in [6, 6.07) is 0. The predicted molar refractivity (Wildman–Crippen MR) is 58.6 cm³/mol. The first-order chi connectivity index (χ1) is 6.78. The van der Waals surface area contributed by atoms with Crippen LogP contribution >= 0.6 is 0 Å². The summed E-state index contributed by atoms with van der Waals surface area (Å²) in [5, 5.41) is 4.04. The van der Waals surface area contributed by atoms with Crippen molar-refractivity contribution in [2.24, 2.45) is 23.8 Å². The Hall–Kier alpha value is -1.12. The molecule has 0 spiro atoms. The van der Waals surface area contributed by atoms with E-state index in [1.165, 1.54) is 0 Å². The molecule has 3 heteroatoms. The number of hydrogen-bond donors (Lipinski definition) is 0. The molecule has 1 aromatic heterocycles. The second-order valence-electron chi connectivity index (χ2n) is 5.64. The Morgan fingerprint density at radius 2 is 1.87 bits per heavy atom. The lowest BCUT2D eigenvalue weighted by molar-refractivity contribution is 0.0945. The molecule has 0 N–H and O–H groups in total. The van der Waals surface area contributed by atoms with E-state index in [-0.39, 0.29) is 22.5 Å². The fourth-order valence-electron chi connectivity index (χ4n) is 2.57. The number of rotatable bonds is 2. The first-order valence-corrected chi connectivity index (χ1v) is 5.31. The van der Waals surface area contributed by atoms with Crippen LogP contribution in [0.3, 0.4) is 0 Å². The van der Waals surface area contributed by atoms with Gasteiger partial charge < -0.3 is 0 Å². The number of carbonyl (C=O) groups excluding carboxylic acids is 1. The molecule has 1 heterocycles. The van der Waals surface area contributed by atoms with Gasteiger partial charge in [-0.25, -0.2) is 0 Å². The van der Waals surface area contributed by atoms with Crippen LogP contribution in [0.2, 0.25) is 0 Å². The van der Waals surface area contributed by atoms with E-state index in [1.807, 2.05) is 7.05 Å². The van der Waals surface area contributed by atoms with Gasteiger partial charge in [-0.05, 0) is 10.8 Å². The number of aromatic nitrogens is 2. The van der Waals surface area contributed by atoms with Gasteiger partial charge in [-0.3, -0.25) is 9.48 Å². The third kappa shape index (κ3) is 1.25. The molecule has 2 rings (SSSR count). The van der Waals surface area contributed by atoms with Gasteiger partial charge in [0.25, 0.3) is 0 Å². The monoisotopic (exact) mass is 206 g/mol. The van der Waals surface area contributed by atoms with Gasteiger partial charge in [-0.1, -0.05) is 27.7 Å². The van der Waals surface area contributed by atoms with Crippen LogP contribution in [0, 0.1) is 16.7 Å². The molecule has 0 aromatic carbocycles. The van der Waals surface area contributed by atoms with Crippen molar-refractivity contribution in [3.63, 3.8) is 0 Å².